The van der Waals surface area contributed by atoms with Crippen LogP contribution < -0.4 is 5.32 Å². The fourth-order valence-electron chi connectivity index (χ4n) is 2.61. The fraction of sp³-hybridized carbons (Fsp3) is 0.150. The maximum atomic E-state index is 14.0. The van der Waals surface area contributed by atoms with Crippen molar-refractivity contribution < 1.29 is 18.7 Å². The van der Waals surface area contributed by atoms with Gasteiger partial charge in [-0.1, -0.05) is 29.8 Å². The summed E-state index contributed by atoms with van der Waals surface area (Å²) in [4.78, 5) is 23.5. The van der Waals surface area contributed by atoms with E-state index in [1.807, 2.05) is 30.3 Å². The predicted octanol–water partition coefficient (Wildman–Crippen LogP) is 4.29. The fourth-order valence-corrected chi connectivity index (χ4v) is 2.94. The van der Waals surface area contributed by atoms with Gasteiger partial charge in [0.25, 0.3) is 0 Å². The molecule has 0 aliphatic carbocycles. The number of anilines is 1. The number of nitrogens with one attached hydrogen (secondary N) is 1. The van der Waals surface area contributed by atoms with Crippen LogP contribution in [0, 0.1) is 12.7 Å². The number of carbonyl (C=O) groups is 2. The summed E-state index contributed by atoms with van der Waals surface area (Å²) < 4.78 is 20.8. The second-order valence-corrected chi connectivity index (χ2v) is 6.41. The van der Waals surface area contributed by atoms with Crippen LogP contribution in [0.25, 0.3) is 5.69 Å². The Bertz CT molecular complexity index is 1030. The molecule has 28 heavy (non-hydrogen) atoms. The van der Waals surface area contributed by atoms with Crippen molar-refractivity contribution in [2.75, 3.05) is 5.32 Å². The van der Waals surface area contributed by atoms with Crippen LogP contribution in [0.3, 0.4) is 0 Å². The quantitative estimate of drug-likeness (QED) is 0.647. The van der Waals surface area contributed by atoms with Gasteiger partial charge in [-0.3, -0.25) is 4.79 Å². The zero-order valence-corrected chi connectivity index (χ0v) is 16.0. The molecule has 0 bridgehead atoms. The summed E-state index contributed by atoms with van der Waals surface area (Å²) >= 11 is 6.40. The molecule has 2 aromatic carbocycles. The van der Waals surface area contributed by atoms with E-state index in [0.717, 1.165) is 11.8 Å². The molecule has 0 aliphatic heterocycles. The Labute approximate surface area is 165 Å². The SMILES string of the molecule is CC(=O)Nc1ccc(F)c(C(=O)OCc2c(C)nn(-c3ccccc3)c2Cl)c1. The third kappa shape index (κ3) is 4.20. The number of aryl methyl sites for hydroxylation is 1. The minimum atomic E-state index is -0.868. The van der Waals surface area contributed by atoms with Crippen LogP contribution in [0.15, 0.2) is 48.5 Å². The number of esters is 1. The molecule has 0 fully saturated rings. The first-order valence-corrected chi connectivity index (χ1v) is 8.78. The molecule has 1 amide bonds. The summed E-state index contributed by atoms with van der Waals surface area (Å²) in [5.41, 5.74) is 1.90. The van der Waals surface area contributed by atoms with Gasteiger partial charge in [0, 0.05) is 18.2 Å². The average Bonchev–Trinajstić information content (AvgIpc) is 2.95. The molecule has 0 aliphatic rings. The lowest BCUT2D eigenvalue weighted by Crippen LogP contribution is -2.11. The van der Waals surface area contributed by atoms with E-state index in [2.05, 4.69) is 10.4 Å². The summed E-state index contributed by atoms with van der Waals surface area (Å²) in [7, 11) is 0. The number of halogens is 2. The van der Waals surface area contributed by atoms with Gasteiger partial charge in [-0.25, -0.2) is 13.9 Å². The highest BCUT2D eigenvalue weighted by molar-refractivity contribution is 6.30. The van der Waals surface area contributed by atoms with Crippen molar-refractivity contribution in [2.45, 2.75) is 20.5 Å². The van der Waals surface area contributed by atoms with Crippen molar-refractivity contribution in [3.8, 4) is 5.69 Å². The molecule has 1 aromatic heterocycles. The van der Waals surface area contributed by atoms with Gasteiger partial charge in [0.05, 0.1) is 16.9 Å². The second-order valence-electron chi connectivity index (χ2n) is 6.05. The van der Waals surface area contributed by atoms with Crippen LogP contribution in [-0.4, -0.2) is 21.7 Å². The number of benzene rings is 2. The highest BCUT2D eigenvalue weighted by Crippen LogP contribution is 2.25. The Kier molecular flexibility index (Phi) is 5.75. The lowest BCUT2D eigenvalue weighted by Gasteiger charge is -2.08. The molecular formula is C20H17ClFN3O3. The number of aromatic nitrogens is 2. The van der Waals surface area contributed by atoms with Gasteiger partial charge in [0.1, 0.15) is 17.6 Å². The minimum Gasteiger partial charge on any atom is -0.457 e. The molecule has 0 spiro atoms. The molecule has 1 heterocycles. The zero-order valence-electron chi connectivity index (χ0n) is 15.2. The second kappa shape index (κ2) is 8.22. The highest BCUT2D eigenvalue weighted by Gasteiger charge is 2.19. The van der Waals surface area contributed by atoms with Crippen molar-refractivity contribution in [2.24, 2.45) is 0 Å². The van der Waals surface area contributed by atoms with E-state index in [4.69, 9.17) is 16.3 Å². The number of hydrogen-bond acceptors (Lipinski definition) is 4. The van der Waals surface area contributed by atoms with Gasteiger partial charge < -0.3 is 10.1 Å². The van der Waals surface area contributed by atoms with Crippen molar-refractivity contribution in [1.29, 1.82) is 0 Å². The van der Waals surface area contributed by atoms with Crippen LogP contribution >= 0.6 is 11.6 Å². The topological polar surface area (TPSA) is 73.2 Å². The minimum absolute atomic E-state index is 0.167. The summed E-state index contributed by atoms with van der Waals surface area (Å²) in [6, 6.07) is 12.9. The molecule has 0 saturated heterocycles. The molecule has 0 atom stereocenters. The first-order valence-electron chi connectivity index (χ1n) is 8.40. The van der Waals surface area contributed by atoms with Gasteiger partial charge in [-0.05, 0) is 37.3 Å². The van der Waals surface area contributed by atoms with Crippen molar-refractivity contribution in [3.63, 3.8) is 0 Å². The first kappa shape index (κ1) is 19.6. The molecule has 3 aromatic rings. The summed E-state index contributed by atoms with van der Waals surface area (Å²) in [5, 5.41) is 7.17. The number of para-hydroxylation sites is 1. The molecular weight excluding hydrogens is 385 g/mol. The van der Waals surface area contributed by atoms with Crippen LogP contribution in [0.1, 0.15) is 28.5 Å². The van der Waals surface area contributed by atoms with E-state index in [9.17, 15) is 14.0 Å². The number of rotatable bonds is 5. The Morgan fingerprint density at radius 1 is 1.21 bits per heavy atom. The molecule has 1 N–H and O–H groups in total. The number of nitrogens with zero attached hydrogens (tertiary/aromatic N) is 2. The lowest BCUT2D eigenvalue weighted by molar-refractivity contribution is -0.114. The third-order valence-corrected chi connectivity index (χ3v) is 4.36. The van der Waals surface area contributed by atoms with Crippen LogP contribution in [-0.2, 0) is 16.1 Å². The largest absolute Gasteiger partial charge is 0.457 e. The molecule has 0 radical (unpaired) electrons. The van der Waals surface area contributed by atoms with E-state index in [-0.39, 0.29) is 18.1 Å². The van der Waals surface area contributed by atoms with E-state index < -0.39 is 11.8 Å². The van der Waals surface area contributed by atoms with Gasteiger partial charge in [0.2, 0.25) is 5.91 Å². The number of amides is 1. The molecule has 3 rings (SSSR count). The van der Waals surface area contributed by atoms with E-state index in [1.54, 1.807) is 6.92 Å². The number of ether oxygens (including phenoxy) is 1. The summed E-state index contributed by atoms with van der Waals surface area (Å²) in [6.07, 6.45) is 0. The van der Waals surface area contributed by atoms with E-state index in [0.29, 0.717) is 22.1 Å². The molecule has 0 unspecified atom stereocenters. The smallest absolute Gasteiger partial charge is 0.341 e. The zero-order chi connectivity index (χ0) is 20.3. The number of hydrogen-bond donors (Lipinski definition) is 1. The lowest BCUT2D eigenvalue weighted by atomic mass is 10.2. The van der Waals surface area contributed by atoms with E-state index in [1.165, 1.54) is 23.7 Å². The van der Waals surface area contributed by atoms with Gasteiger partial charge in [-0.15, -0.1) is 0 Å². The van der Waals surface area contributed by atoms with Crippen molar-refractivity contribution in [1.82, 2.24) is 9.78 Å². The monoisotopic (exact) mass is 401 g/mol. The number of carbonyl (C=O) groups excluding carboxylic acids is 2. The first-order chi connectivity index (χ1) is 13.4. The maximum Gasteiger partial charge on any atom is 0.341 e. The van der Waals surface area contributed by atoms with Gasteiger partial charge in [-0.2, -0.15) is 5.10 Å². The van der Waals surface area contributed by atoms with Crippen LogP contribution in [0.4, 0.5) is 10.1 Å². The standard InChI is InChI=1S/C20H17ClFN3O3/c1-12-17(19(21)25(24-12)15-6-4-3-5-7-15)11-28-20(27)16-10-14(23-13(2)26)8-9-18(16)22/h3-10H,11H2,1-2H3,(H,23,26). The Hall–Kier alpha value is -3.19. The van der Waals surface area contributed by atoms with E-state index >= 15 is 0 Å². The molecule has 0 saturated carbocycles. The summed E-state index contributed by atoms with van der Waals surface area (Å²) in [5.74, 6) is -1.95. The maximum absolute atomic E-state index is 14.0. The van der Waals surface area contributed by atoms with Crippen LogP contribution in [0.2, 0.25) is 5.15 Å². The van der Waals surface area contributed by atoms with Crippen LogP contribution in [0.5, 0.6) is 0 Å². The third-order valence-electron chi connectivity index (χ3n) is 3.98. The summed E-state index contributed by atoms with van der Waals surface area (Å²) in [6.45, 7) is 2.89. The normalized spacial score (nSPS) is 10.6. The predicted molar refractivity (Wildman–Crippen MR) is 103 cm³/mol. The van der Waals surface area contributed by atoms with Crippen molar-refractivity contribution >= 4 is 29.2 Å². The van der Waals surface area contributed by atoms with Gasteiger partial charge >= 0.3 is 5.97 Å². The Balaban J connectivity index is 1.79. The molecule has 6 nitrogen and oxygen atoms in total. The molecule has 8 heteroatoms. The average molecular weight is 402 g/mol. The highest BCUT2D eigenvalue weighted by atomic mass is 35.5. The molecule has 144 valence electrons. The Morgan fingerprint density at radius 3 is 2.61 bits per heavy atom. The van der Waals surface area contributed by atoms with Gasteiger partial charge in [0.15, 0.2) is 0 Å². The van der Waals surface area contributed by atoms with Crippen molar-refractivity contribution in [3.05, 3.63) is 76.3 Å². The Morgan fingerprint density at radius 2 is 1.93 bits per heavy atom.